The zero-order chi connectivity index (χ0) is 29.5. The molecule has 212 valence electrons. The van der Waals surface area contributed by atoms with E-state index in [-0.39, 0.29) is 36.0 Å². The lowest BCUT2D eigenvalue weighted by Crippen LogP contribution is -2.30. The van der Waals surface area contributed by atoms with Gasteiger partial charge in [0.25, 0.3) is 0 Å². The number of carbonyl (C=O) groups is 4. The van der Waals surface area contributed by atoms with Crippen molar-refractivity contribution >= 4 is 40.2 Å². The molecule has 1 aliphatic heterocycles. The van der Waals surface area contributed by atoms with Crippen LogP contribution in [-0.2, 0) is 14.3 Å². The van der Waals surface area contributed by atoms with Gasteiger partial charge in [-0.2, -0.15) is 0 Å². The Hall–Kier alpha value is -4.65. The van der Waals surface area contributed by atoms with Crippen LogP contribution in [0.5, 0.6) is 0 Å². The average molecular weight is 561 g/mol. The summed E-state index contributed by atoms with van der Waals surface area (Å²) in [7, 11) is 0. The van der Waals surface area contributed by atoms with E-state index in [2.05, 4.69) is 6.92 Å². The highest BCUT2D eigenvalue weighted by molar-refractivity contribution is 6.22. The molecule has 1 aromatic heterocycles. The third kappa shape index (κ3) is 5.00. The molecular formula is C35H32N2O5. The maximum atomic E-state index is 13.3. The number of aromatic nitrogens is 1. The molecule has 0 N–H and O–H groups in total. The van der Waals surface area contributed by atoms with Gasteiger partial charge in [0.05, 0.1) is 34.3 Å². The van der Waals surface area contributed by atoms with Crippen molar-refractivity contribution in [2.45, 2.75) is 40.0 Å². The molecule has 2 heterocycles. The van der Waals surface area contributed by atoms with Crippen molar-refractivity contribution in [1.82, 2.24) is 4.98 Å². The largest absolute Gasteiger partial charge is 0.454 e. The van der Waals surface area contributed by atoms with Crippen LogP contribution in [0.25, 0.3) is 22.2 Å². The number of anilines is 1. The van der Waals surface area contributed by atoms with E-state index in [1.165, 1.54) is 4.90 Å². The van der Waals surface area contributed by atoms with Crippen LogP contribution in [0.3, 0.4) is 0 Å². The van der Waals surface area contributed by atoms with Gasteiger partial charge in [0.1, 0.15) is 0 Å². The van der Waals surface area contributed by atoms with E-state index in [1.54, 1.807) is 30.3 Å². The number of ether oxygens (including phenoxy) is 1. The summed E-state index contributed by atoms with van der Waals surface area (Å²) in [5.74, 6) is -1.16. The predicted molar refractivity (Wildman–Crippen MR) is 160 cm³/mol. The van der Waals surface area contributed by atoms with Crippen LogP contribution < -0.4 is 4.90 Å². The topological polar surface area (TPSA) is 93.6 Å². The SMILES string of the molecule is Cc1ccc(C(=O)COC(=O)c2cc(-c3ccc(N4C(=O)C5CCC(C)CC5C4=O)cc3)nc3c(C)cccc23)cc1. The molecule has 1 saturated heterocycles. The fourth-order valence-corrected chi connectivity index (χ4v) is 6.17. The van der Waals surface area contributed by atoms with Crippen LogP contribution in [-0.4, -0.2) is 35.2 Å². The van der Waals surface area contributed by atoms with E-state index in [9.17, 15) is 19.2 Å². The molecule has 0 bridgehead atoms. The minimum Gasteiger partial charge on any atom is -0.454 e. The maximum Gasteiger partial charge on any atom is 0.339 e. The molecule has 42 heavy (non-hydrogen) atoms. The first kappa shape index (κ1) is 27.5. The van der Waals surface area contributed by atoms with Gasteiger partial charge >= 0.3 is 5.97 Å². The molecule has 3 unspecified atom stereocenters. The number of rotatable bonds is 6. The minimum absolute atomic E-state index is 0.116. The molecule has 6 rings (SSSR count). The van der Waals surface area contributed by atoms with E-state index >= 15 is 0 Å². The van der Waals surface area contributed by atoms with Crippen molar-refractivity contribution in [2.75, 3.05) is 11.5 Å². The Balaban J connectivity index is 1.28. The molecule has 3 aromatic carbocycles. The highest BCUT2D eigenvalue weighted by Crippen LogP contribution is 2.42. The van der Waals surface area contributed by atoms with E-state index < -0.39 is 5.97 Å². The van der Waals surface area contributed by atoms with Crippen molar-refractivity contribution in [3.63, 3.8) is 0 Å². The number of benzene rings is 3. The summed E-state index contributed by atoms with van der Waals surface area (Å²) in [4.78, 5) is 58.5. The van der Waals surface area contributed by atoms with Crippen molar-refractivity contribution < 1.29 is 23.9 Å². The predicted octanol–water partition coefficient (Wildman–Crippen LogP) is 6.48. The molecule has 7 heteroatoms. The maximum absolute atomic E-state index is 13.3. The molecule has 1 saturated carbocycles. The Kier molecular flexibility index (Phi) is 7.19. The van der Waals surface area contributed by atoms with Gasteiger partial charge in [0, 0.05) is 16.5 Å². The van der Waals surface area contributed by atoms with Gasteiger partial charge in [0.15, 0.2) is 12.4 Å². The summed E-state index contributed by atoms with van der Waals surface area (Å²) in [5.41, 5.74) is 5.17. The normalized spacial score (nSPS) is 20.1. The number of esters is 1. The Morgan fingerprint density at radius 2 is 1.62 bits per heavy atom. The zero-order valence-electron chi connectivity index (χ0n) is 23.9. The highest BCUT2D eigenvalue weighted by Gasteiger charge is 2.49. The van der Waals surface area contributed by atoms with Crippen LogP contribution in [0.4, 0.5) is 5.69 Å². The number of carbonyl (C=O) groups excluding carboxylic acids is 4. The van der Waals surface area contributed by atoms with Gasteiger partial charge in [-0.15, -0.1) is 0 Å². The van der Waals surface area contributed by atoms with Crippen molar-refractivity contribution in [1.29, 1.82) is 0 Å². The van der Waals surface area contributed by atoms with Crippen molar-refractivity contribution in [3.05, 3.63) is 95.1 Å². The molecule has 2 fully saturated rings. The van der Waals surface area contributed by atoms with Gasteiger partial charge in [-0.1, -0.05) is 67.1 Å². The molecule has 1 aliphatic carbocycles. The van der Waals surface area contributed by atoms with E-state index in [4.69, 9.17) is 9.72 Å². The lowest BCUT2D eigenvalue weighted by atomic mass is 9.76. The second kappa shape index (κ2) is 11.0. The number of aryl methyl sites for hydroxylation is 2. The number of fused-ring (bicyclic) bond motifs is 2. The molecular weight excluding hydrogens is 528 g/mol. The van der Waals surface area contributed by atoms with Gasteiger partial charge in [0.2, 0.25) is 11.8 Å². The smallest absolute Gasteiger partial charge is 0.339 e. The van der Waals surface area contributed by atoms with Crippen LogP contribution in [0, 0.1) is 31.6 Å². The second-order valence-corrected chi connectivity index (χ2v) is 11.6. The second-order valence-electron chi connectivity index (χ2n) is 11.6. The third-order valence-electron chi connectivity index (χ3n) is 8.58. The van der Waals surface area contributed by atoms with E-state index in [0.29, 0.717) is 39.3 Å². The van der Waals surface area contributed by atoms with Crippen LogP contribution in [0.15, 0.2) is 72.8 Å². The molecule has 0 spiro atoms. The molecule has 7 nitrogen and oxygen atoms in total. The van der Waals surface area contributed by atoms with Gasteiger partial charge in [-0.3, -0.25) is 19.3 Å². The number of Topliss-reactive ketones (excluding diaryl/α,β-unsaturated/α-hetero) is 1. The summed E-state index contributed by atoms with van der Waals surface area (Å²) in [6.07, 6.45) is 2.46. The first-order chi connectivity index (χ1) is 20.2. The highest BCUT2D eigenvalue weighted by atomic mass is 16.5. The van der Waals surface area contributed by atoms with E-state index in [0.717, 1.165) is 36.0 Å². The van der Waals surface area contributed by atoms with Gasteiger partial charge < -0.3 is 4.74 Å². The lowest BCUT2D eigenvalue weighted by Gasteiger charge is -2.25. The summed E-state index contributed by atoms with van der Waals surface area (Å²) < 4.78 is 5.48. The number of nitrogens with zero attached hydrogens (tertiary/aromatic N) is 2. The first-order valence-corrected chi connectivity index (χ1v) is 14.4. The van der Waals surface area contributed by atoms with Crippen LogP contribution in [0.2, 0.25) is 0 Å². The Morgan fingerprint density at radius 3 is 2.36 bits per heavy atom. The minimum atomic E-state index is -0.614. The number of para-hydroxylation sites is 1. The first-order valence-electron chi connectivity index (χ1n) is 14.4. The molecule has 2 amide bonds. The van der Waals surface area contributed by atoms with Gasteiger partial charge in [-0.05, 0) is 62.8 Å². The quantitative estimate of drug-likeness (QED) is 0.152. The summed E-state index contributed by atoms with van der Waals surface area (Å²) in [6.45, 7) is 5.62. The van der Waals surface area contributed by atoms with Crippen LogP contribution in [0.1, 0.15) is 58.0 Å². The zero-order valence-corrected chi connectivity index (χ0v) is 23.9. The molecule has 4 aromatic rings. The van der Waals surface area contributed by atoms with Crippen molar-refractivity contribution in [3.8, 4) is 11.3 Å². The lowest BCUT2D eigenvalue weighted by molar-refractivity contribution is -0.122. The summed E-state index contributed by atoms with van der Waals surface area (Å²) in [6, 6.07) is 21.5. The van der Waals surface area contributed by atoms with E-state index in [1.807, 2.05) is 56.3 Å². The standard InChI is InChI=1S/C35H32N2O5/c1-20-7-10-24(11-8-20)31(38)19-42-35(41)29-18-30(36-32-22(3)5-4-6-26(29)32)23-12-14-25(15-13-23)37-33(39)27-16-9-21(2)17-28(27)34(37)40/h4-8,10-15,18,21,27-28H,9,16-17,19H2,1-3H3. The third-order valence-corrected chi connectivity index (χ3v) is 8.58. The number of amides is 2. The summed E-state index contributed by atoms with van der Waals surface area (Å²) in [5, 5.41) is 0.633. The number of pyridine rings is 1. The number of hydrogen-bond donors (Lipinski definition) is 0. The fraction of sp³-hybridized carbons (Fsp3) is 0.286. The molecule has 3 atom stereocenters. The monoisotopic (exact) mass is 560 g/mol. The number of hydrogen-bond acceptors (Lipinski definition) is 6. The van der Waals surface area contributed by atoms with Gasteiger partial charge in [-0.25, -0.2) is 9.78 Å². The molecule has 2 aliphatic rings. The Labute approximate surface area is 244 Å². The van der Waals surface area contributed by atoms with Crippen molar-refractivity contribution in [2.24, 2.45) is 17.8 Å². The Morgan fingerprint density at radius 1 is 0.905 bits per heavy atom. The molecule has 0 radical (unpaired) electrons. The number of imide groups is 1. The van der Waals surface area contributed by atoms with Crippen LogP contribution >= 0.6 is 0 Å². The average Bonchev–Trinajstić information content (AvgIpc) is 3.24. The summed E-state index contributed by atoms with van der Waals surface area (Å²) >= 11 is 0. The number of ketones is 1. The Bertz CT molecular complexity index is 1730. The fourth-order valence-electron chi connectivity index (χ4n) is 6.17.